The van der Waals surface area contributed by atoms with Gasteiger partial charge in [-0.05, 0) is 31.5 Å². The summed E-state index contributed by atoms with van der Waals surface area (Å²) in [5.74, 6) is 0.805. The minimum atomic E-state index is 0.328. The molecule has 1 saturated carbocycles. The Balaban J connectivity index is 1.82. The number of nitrogens with one attached hydrogen (secondary N) is 1. The van der Waals surface area contributed by atoms with Crippen molar-refractivity contribution < 1.29 is 4.74 Å². The molecule has 2 rings (SSSR count). The van der Waals surface area contributed by atoms with Gasteiger partial charge in [-0.25, -0.2) is 0 Å². The molecule has 1 aliphatic rings. The second-order valence-electron chi connectivity index (χ2n) is 3.90. The van der Waals surface area contributed by atoms with Crippen LogP contribution in [0.5, 0.6) is 5.75 Å². The van der Waals surface area contributed by atoms with Crippen LogP contribution in [-0.2, 0) is 0 Å². The maximum absolute atomic E-state index is 6.01. The van der Waals surface area contributed by atoms with E-state index < -0.39 is 0 Å². The Bertz CT molecular complexity index is 323. The van der Waals surface area contributed by atoms with Crippen molar-refractivity contribution in [3.8, 4) is 5.75 Å². The molecule has 0 bridgehead atoms. The molecule has 0 heterocycles. The summed E-state index contributed by atoms with van der Waals surface area (Å²) in [4.78, 5) is 0. The molecule has 1 aromatic carbocycles. The molecule has 1 fully saturated rings. The van der Waals surface area contributed by atoms with Gasteiger partial charge in [-0.15, -0.1) is 0 Å². The van der Waals surface area contributed by atoms with Crippen LogP contribution in [0.1, 0.15) is 19.8 Å². The third-order valence-corrected chi connectivity index (χ3v) is 3.03. The molecule has 15 heavy (non-hydrogen) atoms. The molecule has 1 N–H and O–H groups in total. The number of rotatable bonds is 4. The summed E-state index contributed by atoms with van der Waals surface area (Å²) < 4.78 is 5.79. The Hall–Kier alpha value is -0.730. The van der Waals surface area contributed by atoms with Crippen LogP contribution in [0, 0.1) is 0 Å². The van der Waals surface area contributed by atoms with E-state index >= 15 is 0 Å². The van der Waals surface area contributed by atoms with E-state index in [0.29, 0.717) is 17.2 Å². The van der Waals surface area contributed by atoms with Crippen molar-refractivity contribution in [2.45, 2.75) is 31.9 Å². The molecule has 82 valence electrons. The molecule has 0 spiro atoms. The Morgan fingerprint density at radius 3 is 2.80 bits per heavy atom. The van der Waals surface area contributed by atoms with Crippen LogP contribution >= 0.6 is 11.6 Å². The maximum Gasteiger partial charge on any atom is 0.138 e. The second kappa shape index (κ2) is 4.86. The normalized spacial score (nSPS) is 24.7. The number of ether oxygens (including phenoxy) is 1. The minimum absolute atomic E-state index is 0.328. The van der Waals surface area contributed by atoms with E-state index in [1.807, 2.05) is 24.3 Å². The molecule has 0 atom stereocenters. The van der Waals surface area contributed by atoms with Gasteiger partial charge in [0.2, 0.25) is 0 Å². The molecule has 0 aromatic heterocycles. The number of benzene rings is 1. The SMILES string of the molecule is CCNC1CC(Oc2ccccc2Cl)C1. The highest BCUT2D eigenvalue weighted by Crippen LogP contribution is 2.30. The van der Waals surface area contributed by atoms with E-state index in [1.165, 1.54) is 0 Å². The lowest BCUT2D eigenvalue weighted by Crippen LogP contribution is -2.46. The number of para-hydroxylation sites is 1. The first kappa shape index (κ1) is 10.8. The average Bonchev–Trinajstić information content (AvgIpc) is 2.18. The molecule has 1 aromatic rings. The number of hydrogen-bond donors (Lipinski definition) is 1. The fourth-order valence-electron chi connectivity index (χ4n) is 1.84. The fraction of sp³-hybridized carbons (Fsp3) is 0.500. The van der Waals surface area contributed by atoms with E-state index in [2.05, 4.69) is 12.2 Å². The molecule has 0 saturated heterocycles. The zero-order valence-electron chi connectivity index (χ0n) is 8.87. The van der Waals surface area contributed by atoms with Gasteiger partial charge in [-0.3, -0.25) is 0 Å². The lowest BCUT2D eigenvalue weighted by Gasteiger charge is -2.35. The zero-order valence-corrected chi connectivity index (χ0v) is 9.63. The van der Waals surface area contributed by atoms with Crippen LogP contribution in [0.15, 0.2) is 24.3 Å². The molecule has 0 amide bonds. The van der Waals surface area contributed by atoms with Gasteiger partial charge in [0.05, 0.1) is 5.02 Å². The third-order valence-electron chi connectivity index (χ3n) is 2.72. The zero-order chi connectivity index (χ0) is 10.7. The lowest BCUT2D eigenvalue weighted by molar-refractivity contribution is 0.0860. The second-order valence-corrected chi connectivity index (χ2v) is 4.30. The van der Waals surface area contributed by atoms with Gasteiger partial charge in [-0.2, -0.15) is 0 Å². The molecule has 0 unspecified atom stereocenters. The number of hydrogen-bond acceptors (Lipinski definition) is 2. The van der Waals surface area contributed by atoms with Gasteiger partial charge >= 0.3 is 0 Å². The molecule has 1 aliphatic carbocycles. The fourth-order valence-corrected chi connectivity index (χ4v) is 2.02. The first-order valence-corrected chi connectivity index (χ1v) is 5.82. The van der Waals surface area contributed by atoms with E-state index in [-0.39, 0.29) is 0 Å². The topological polar surface area (TPSA) is 21.3 Å². The van der Waals surface area contributed by atoms with E-state index in [9.17, 15) is 0 Å². The van der Waals surface area contributed by atoms with Crippen LogP contribution in [0.2, 0.25) is 5.02 Å². The summed E-state index contributed by atoms with van der Waals surface area (Å²) in [6.45, 7) is 3.16. The van der Waals surface area contributed by atoms with Crippen LogP contribution < -0.4 is 10.1 Å². The van der Waals surface area contributed by atoms with Crippen molar-refractivity contribution in [1.29, 1.82) is 0 Å². The van der Waals surface area contributed by atoms with Gasteiger partial charge in [0.15, 0.2) is 0 Å². The van der Waals surface area contributed by atoms with Crippen LogP contribution in [0.4, 0.5) is 0 Å². The molecule has 0 aliphatic heterocycles. The van der Waals surface area contributed by atoms with Gasteiger partial charge < -0.3 is 10.1 Å². The Morgan fingerprint density at radius 2 is 2.13 bits per heavy atom. The summed E-state index contributed by atoms with van der Waals surface area (Å²) >= 11 is 6.01. The smallest absolute Gasteiger partial charge is 0.138 e. The summed E-state index contributed by atoms with van der Waals surface area (Å²) in [5.41, 5.74) is 0. The quantitative estimate of drug-likeness (QED) is 0.851. The van der Waals surface area contributed by atoms with E-state index in [0.717, 1.165) is 25.1 Å². The Kier molecular flexibility index (Phi) is 3.49. The average molecular weight is 226 g/mol. The first-order valence-electron chi connectivity index (χ1n) is 5.44. The predicted molar refractivity (Wildman–Crippen MR) is 62.6 cm³/mol. The number of halogens is 1. The molecule has 2 nitrogen and oxygen atoms in total. The van der Waals surface area contributed by atoms with Crippen LogP contribution in [0.25, 0.3) is 0 Å². The highest BCUT2D eigenvalue weighted by Gasteiger charge is 2.30. The monoisotopic (exact) mass is 225 g/mol. The highest BCUT2D eigenvalue weighted by molar-refractivity contribution is 6.32. The van der Waals surface area contributed by atoms with Crippen molar-refractivity contribution in [2.75, 3.05) is 6.54 Å². The summed E-state index contributed by atoms with van der Waals surface area (Å²) in [5, 5.41) is 4.10. The van der Waals surface area contributed by atoms with Gasteiger partial charge in [0.1, 0.15) is 11.9 Å². The van der Waals surface area contributed by atoms with Crippen molar-refractivity contribution in [3.05, 3.63) is 29.3 Å². The van der Waals surface area contributed by atoms with Gasteiger partial charge in [0, 0.05) is 6.04 Å². The molecule has 0 radical (unpaired) electrons. The van der Waals surface area contributed by atoms with Crippen molar-refractivity contribution in [1.82, 2.24) is 5.32 Å². The van der Waals surface area contributed by atoms with Crippen LogP contribution in [-0.4, -0.2) is 18.7 Å². The van der Waals surface area contributed by atoms with Crippen LogP contribution in [0.3, 0.4) is 0 Å². The molecular weight excluding hydrogens is 210 g/mol. The molecular formula is C12H16ClNO. The maximum atomic E-state index is 6.01. The summed E-state index contributed by atoms with van der Waals surface area (Å²) in [6.07, 6.45) is 2.49. The minimum Gasteiger partial charge on any atom is -0.489 e. The van der Waals surface area contributed by atoms with Crippen molar-refractivity contribution >= 4 is 11.6 Å². The Morgan fingerprint density at radius 1 is 1.40 bits per heavy atom. The largest absolute Gasteiger partial charge is 0.489 e. The molecule has 3 heteroatoms. The first-order chi connectivity index (χ1) is 7.29. The lowest BCUT2D eigenvalue weighted by atomic mass is 9.89. The predicted octanol–water partition coefficient (Wildman–Crippen LogP) is 2.86. The highest BCUT2D eigenvalue weighted by atomic mass is 35.5. The van der Waals surface area contributed by atoms with E-state index in [1.54, 1.807) is 0 Å². The van der Waals surface area contributed by atoms with E-state index in [4.69, 9.17) is 16.3 Å². The third kappa shape index (κ3) is 2.64. The Labute approximate surface area is 95.6 Å². The summed E-state index contributed by atoms with van der Waals surface area (Å²) in [6, 6.07) is 8.27. The summed E-state index contributed by atoms with van der Waals surface area (Å²) in [7, 11) is 0. The van der Waals surface area contributed by atoms with Gasteiger partial charge in [0.25, 0.3) is 0 Å². The van der Waals surface area contributed by atoms with Gasteiger partial charge in [-0.1, -0.05) is 30.7 Å². The van der Waals surface area contributed by atoms with Crippen molar-refractivity contribution in [2.24, 2.45) is 0 Å². The standard InChI is InChI=1S/C12H16ClNO/c1-2-14-9-7-10(8-9)15-12-6-4-3-5-11(12)13/h3-6,9-10,14H,2,7-8H2,1H3. The van der Waals surface area contributed by atoms with Crippen molar-refractivity contribution in [3.63, 3.8) is 0 Å².